The first-order chi connectivity index (χ1) is 20.7. The van der Waals surface area contributed by atoms with E-state index in [0.717, 1.165) is 13.0 Å². The summed E-state index contributed by atoms with van der Waals surface area (Å²) in [5.41, 5.74) is 0. The quantitative estimate of drug-likeness (QED) is 0.0560. The molecule has 0 aliphatic carbocycles. The molecule has 0 atom stereocenters. The summed E-state index contributed by atoms with van der Waals surface area (Å²) in [5, 5.41) is 9.44. The highest BCUT2D eigenvalue weighted by molar-refractivity contribution is 4.53. The van der Waals surface area contributed by atoms with Gasteiger partial charge in [-0.3, -0.25) is 0 Å². The van der Waals surface area contributed by atoms with Crippen LogP contribution >= 0.6 is 0 Å². The molecule has 2 heteroatoms. The summed E-state index contributed by atoms with van der Waals surface area (Å²) < 4.78 is 1.19. The monoisotopic (exact) mass is 595 g/mol. The van der Waals surface area contributed by atoms with E-state index < -0.39 is 0 Å². The smallest absolute Gasteiger partial charge is 0.0806 e. The molecule has 0 aromatic rings. The topological polar surface area (TPSA) is 20.2 Å². The predicted octanol–water partition coefficient (Wildman–Crippen LogP) is 13.3. The second-order valence-corrected chi connectivity index (χ2v) is 14.5. The molecule has 0 heterocycles. The molecule has 0 aromatic heterocycles. The Morgan fingerprint density at radius 3 is 0.690 bits per heavy atom. The zero-order chi connectivity index (χ0) is 30.7. The van der Waals surface area contributed by atoms with E-state index in [9.17, 15) is 5.11 Å². The predicted molar refractivity (Wildman–Crippen MR) is 192 cm³/mol. The van der Waals surface area contributed by atoms with Crippen molar-refractivity contribution in [3.8, 4) is 0 Å². The van der Waals surface area contributed by atoms with Crippen molar-refractivity contribution in [1.29, 1.82) is 0 Å². The van der Waals surface area contributed by atoms with Crippen LogP contribution in [0.4, 0.5) is 0 Å². The van der Waals surface area contributed by atoms with Crippen molar-refractivity contribution in [3.05, 3.63) is 0 Å². The zero-order valence-electron chi connectivity index (χ0n) is 30.1. The number of unbranched alkanes of at least 4 members (excludes halogenated alkanes) is 30. The summed E-state index contributed by atoms with van der Waals surface area (Å²) in [5.74, 6) is 0. The van der Waals surface area contributed by atoms with E-state index in [-0.39, 0.29) is 0 Å². The van der Waals surface area contributed by atoms with Crippen molar-refractivity contribution in [2.24, 2.45) is 0 Å². The summed E-state index contributed by atoms with van der Waals surface area (Å²) in [6.07, 6.45) is 47.1. The number of nitrogens with zero attached hydrogens (tertiary/aromatic N) is 1. The Morgan fingerprint density at radius 1 is 0.286 bits per heavy atom. The fourth-order valence-electron chi connectivity index (χ4n) is 6.87. The first kappa shape index (κ1) is 41.9. The molecule has 0 unspecified atom stereocenters. The maximum atomic E-state index is 9.44. The average Bonchev–Trinajstić information content (AvgIpc) is 2.99. The van der Waals surface area contributed by atoms with Crippen molar-refractivity contribution in [2.75, 3.05) is 33.3 Å². The normalized spacial score (nSPS) is 12.0. The second-order valence-electron chi connectivity index (χ2n) is 14.5. The number of hydrogen-bond acceptors (Lipinski definition) is 1. The number of quaternary nitrogens is 1. The lowest BCUT2D eigenvalue weighted by molar-refractivity contribution is -0.910. The van der Waals surface area contributed by atoms with E-state index in [1.165, 1.54) is 223 Å². The van der Waals surface area contributed by atoms with Gasteiger partial charge >= 0.3 is 0 Å². The van der Waals surface area contributed by atoms with Gasteiger partial charge in [-0.2, -0.15) is 0 Å². The van der Waals surface area contributed by atoms with Crippen molar-refractivity contribution in [2.45, 2.75) is 226 Å². The maximum absolute atomic E-state index is 9.44. The van der Waals surface area contributed by atoms with Gasteiger partial charge in [0.05, 0.1) is 26.7 Å². The highest BCUT2D eigenvalue weighted by Gasteiger charge is 2.20. The highest BCUT2D eigenvalue weighted by atomic mass is 16.3. The summed E-state index contributed by atoms with van der Waals surface area (Å²) in [6, 6.07) is 0. The number of hydrogen-bond donors (Lipinski definition) is 1. The van der Waals surface area contributed by atoms with Gasteiger partial charge in [0.1, 0.15) is 0 Å². The lowest BCUT2D eigenvalue weighted by Crippen LogP contribution is -2.46. The molecule has 0 aliphatic rings. The third kappa shape index (κ3) is 32.8. The third-order valence-electron chi connectivity index (χ3n) is 9.96. The van der Waals surface area contributed by atoms with Crippen LogP contribution in [0.1, 0.15) is 226 Å². The van der Waals surface area contributed by atoms with Gasteiger partial charge in [-0.05, 0) is 25.7 Å². The van der Waals surface area contributed by atoms with Crippen LogP contribution < -0.4 is 0 Å². The van der Waals surface area contributed by atoms with Crippen molar-refractivity contribution in [3.63, 3.8) is 0 Å². The number of aliphatic hydroxyl groups excluding tert-OH is 1. The first-order valence-electron chi connectivity index (χ1n) is 20.1. The van der Waals surface area contributed by atoms with Crippen LogP contribution in [0.3, 0.4) is 0 Å². The molecular formula is C40H84NO+. The maximum Gasteiger partial charge on any atom is 0.0806 e. The summed E-state index contributed by atoms with van der Waals surface area (Å²) in [6.45, 7) is 8.76. The van der Waals surface area contributed by atoms with Crippen LogP contribution in [0.2, 0.25) is 0 Å². The van der Waals surface area contributed by atoms with Gasteiger partial charge in [0, 0.05) is 13.0 Å². The molecule has 42 heavy (non-hydrogen) atoms. The number of aliphatic hydroxyl groups is 1. The van der Waals surface area contributed by atoms with Gasteiger partial charge in [0.2, 0.25) is 0 Å². The van der Waals surface area contributed by atoms with Gasteiger partial charge in [-0.25, -0.2) is 0 Å². The van der Waals surface area contributed by atoms with Crippen LogP contribution in [0.15, 0.2) is 0 Å². The van der Waals surface area contributed by atoms with E-state index >= 15 is 0 Å². The number of rotatable bonds is 37. The van der Waals surface area contributed by atoms with Crippen molar-refractivity contribution in [1.82, 2.24) is 0 Å². The lowest BCUT2D eigenvalue weighted by atomic mass is 10.0. The molecule has 2 nitrogen and oxygen atoms in total. The standard InChI is InChI=1S/C40H84NO/c1-4-6-8-10-12-14-16-18-20-22-24-26-28-30-32-34-37-41(3,39-36-40-42)38-35-33-31-29-27-25-23-21-19-17-15-13-11-9-7-5-2/h42H,4-40H2,1-3H3/q+1. The van der Waals surface area contributed by atoms with E-state index in [1.54, 1.807) is 0 Å². The fourth-order valence-corrected chi connectivity index (χ4v) is 6.87. The van der Waals surface area contributed by atoms with E-state index in [2.05, 4.69) is 20.9 Å². The molecule has 0 bridgehead atoms. The highest BCUT2D eigenvalue weighted by Crippen LogP contribution is 2.17. The molecule has 0 amide bonds. The Hall–Kier alpha value is -0.0800. The fraction of sp³-hybridized carbons (Fsp3) is 1.00. The minimum atomic E-state index is 0.353. The lowest BCUT2D eigenvalue weighted by Gasteiger charge is -2.35. The van der Waals surface area contributed by atoms with Gasteiger partial charge in [-0.15, -0.1) is 0 Å². The first-order valence-corrected chi connectivity index (χ1v) is 20.1. The Balaban J connectivity index is 3.58. The molecule has 0 saturated carbocycles. The van der Waals surface area contributed by atoms with E-state index in [0.29, 0.717) is 6.61 Å². The second kappa shape index (κ2) is 35.4. The average molecular weight is 595 g/mol. The Labute approximate surface area is 268 Å². The third-order valence-corrected chi connectivity index (χ3v) is 9.96. The van der Waals surface area contributed by atoms with Crippen molar-refractivity contribution >= 4 is 0 Å². The van der Waals surface area contributed by atoms with Crippen LogP contribution in [0, 0.1) is 0 Å². The molecular weight excluding hydrogens is 510 g/mol. The minimum absolute atomic E-state index is 0.353. The molecule has 0 radical (unpaired) electrons. The summed E-state index contributed by atoms with van der Waals surface area (Å²) >= 11 is 0. The van der Waals surface area contributed by atoms with Crippen LogP contribution in [0.5, 0.6) is 0 Å². The zero-order valence-corrected chi connectivity index (χ0v) is 30.1. The van der Waals surface area contributed by atoms with Gasteiger partial charge in [0.15, 0.2) is 0 Å². The molecule has 1 N–H and O–H groups in total. The SMILES string of the molecule is CCCCCCCCCCCCCCCCCC[N+](C)(CCCO)CCCCCCCCCCCCCCCCCC. The Bertz CT molecular complexity index is 442. The molecule has 0 aliphatic heterocycles. The summed E-state index contributed by atoms with van der Waals surface area (Å²) in [7, 11) is 2.46. The van der Waals surface area contributed by atoms with Gasteiger partial charge in [-0.1, -0.05) is 194 Å². The van der Waals surface area contributed by atoms with Crippen LogP contribution in [-0.2, 0) is 0 Å². The van der Waals surface area contributed by atoms with Crippen LogP contribution in [-0.4, -0.2) is 42.9 Å². The molecule has 254 valence electrons. The van der Waals surface area contributed by atoms with Crippen molar-refractivity contribution < 1.29 is 9.59 Å². The molecule has 0 spiro atoms. The molecule has 0 saturated heterocycles. The minimum Gasteiger partial charge on any atom is -0.396 e. The van der Waals surface area contributed by atoms with E-state index in [1.807, 2.05) is 0 Å². The summed E-state index contributed by atoms with van der Waals surface area (Å²) in [4.78, 5) is 0. The molecule has 0 aromatic carbocycles. The largest absolute Gasteiger partial charge is 0.396 e. The Kier molecular flexibility index (Phi) is 35.3. The Morgan fingerprint density at radius 2 is 0.476 bits per heavy atom. The molecule has 0 fully saturated rings. The molecule has 0 rings (SSSR count). The van der Waals surface area contributed by atoms with Gasteiger partial charge < -0.3 is 9.59 Å². The van der Waals surface area contributed by atoms with Crippen LogP contribution in [0.25, 0.3) is 0 Å². The van der Waals surface area contributed by atoms with Gasteiger partial charge in [0.25, 0.3) is 0 Å². The van der Waals surface area contributed by atoms with E-state index in [4.69, 9.17) is 0 Å².